The number of aryl methyl sites for hydroxylation is 1. The number of esters is 1. The molecule has 0 bridgehead atoms. The normalized spacial score (nSPS) is 17.8. The minimum atomic E-state index is -1.16. The zero-order valence-electron chi connectivity index (χ0n) is 20.2. The molecular weight excluding hydrogens is 420 g/mol. The summed E-state index contributed by atoms with van der Waals surface area (Å²) in [4.78, 5) is 40.7. The maximum atomic E-state index is 13.6. The van der Waals surface area contributed by atoms with Gasteiger partial charge in [0.1, 0.15) is 11.2 Å². The number of fused-ring (bicyclic) bond motifs is 1. The standard InChI is InChI=1S/C25H34N4O4/c1-6-18-8-10-19(11-9-18)15-28-22(30)21-14-20(23(31)33-7-2)27-29(21)16-25(28,5)24(32)26-13-12-17(3)4/h8-11,14,17H,6-7,12-13,15-16H2,1-5H3,(H,26,32)/t25-/m0/s1. The molecule has 0 spiro atoms. The first-order chi connectivity index (χ1) is 15.7. The van der Waals surface area contributed by atoms with Crippen LogP contribution in [-0.2, 0) is 29.0 Å². The molecule has 1 atom stereocenters. The number of hydrogen-bond acceptors (Lipinski definition) is 5. The van der Waals surface area contributed by atoms with Crippen molar-refractivity contribution >= 4 is 17.8 Å². The van der Waals surface area contributed by atoms with Crippen molar-refractivity contribution in [3.8, 4) is 0 Å². The topological polar surface area (TPSA) is 93.5 Å². The number of hydrogen-bond donors (Lipinski definition) is 1. The van der Waals surface area contributed by atoms with E-state index < -0.39 is 11.5 Å². The number of aromatic nitrogens is 2. The molecule has 1 aromatic carbocycles. The van der Waals surface area contributed by atoms with Crippen LogP contribution in [0.2, 0.25) is 0 Å². The predicted octanol–water partition coefficient (Wildman–Crippen LogP) is 3.20. The number of benzene rings is 1. The van der Waals surface area contributed by atoms with Crippen molar-refractivity contribution in [2.75, 3.05) is 13.2 Å². The second-order valence-electron chi connectivity index (χ2n) is 9.07. The molecule has 2 amide bonds. The number of ether oxygens (including phenoxy) is 1. The lowest BCUT2D eigenvalue weighted by atomic mass is 9.93. The smallest absolute Gasteiger partial charge is 0.358 e. The van der Waals surface area contributed by atoms with Gasteiger partial charge >= 0.3 is 5.97 Å². The summed E-state index contributed by atoms with van der Waals surface area (Å²) in [6, 6.07) is 9.49. The van der Waals surface area contributed by atoms with Gasteiger partial charge in [-0.3, -0.25) is 14.3 Å². The van der Waals surface area contributed by atoms with E-state index in [0.29, 0.717) is 12.5 Å². The highest BCUT2D eigenvalue weighted by Crippen LogP contribution is 2.29. The average molecular weight is 455 g/mol. The highest BCUT2D eigenvalue weighted by molar-refractivity contribution is 6.01. The number of carbonyl (C=O) groups excluding carboxylic acids is 3. The average Bonchev–Trinajstić information content (AvgIpc) is 3.21. The van der Waals surface area contributed by atoms with Gasteiger partial charge in [0.25, 0.3) is 5.91 Å². The third-order valence-electron chi connectivity index (χ3n) is 6.05. The van der Waals surface area contributed by atoms with Crippen LogP contribution < -0.4 is 5.32 Å². The van der Waals surface area contributed by atoms with Crippen LogP contribution >= 0.6 is 0 Å². The second-order valence-corrected chi connectivity index (χ2v) is 9.07. The lowest BCUT2D eigenvalue weighted by Gasteiger charge is -2.43. The van der Waals surface area contributed by atoms with Crippen molar-refractivity contribution in [2.45, 2.75) is 66.1 Å². The molecule has 2 heterocycles. The largest absolute Gasteiger partial charge is 0.461 e. The molecule has 1 aromatic heterocycles. The Hall–Kier alpha value is -3.16. The molecule has 8 nitrogen and oxygen atoms in total. The second kappa shape index (κ2) is 10.2. The fraction of sp³-hybridized carbons (Fsp3) is 0.520. The van der Waals surface area contributed by atoms with Crippen LogP contribution in [0.15, 0.2) is 30.3 Å². The van der Waals surface area contributed by atoms with E-state index in [2.05, 4.69) is 31.2 Å². The van der Waals surface area contributed by atoms with Crippen molar-refractivity contribution < 1.29 is 19.1 Å². The lowest BCUT2D eigenvalue weighted by Crippen LogP contribution is -2.63. The zero-order valence-corrected chi connectivity index (χ0v) is 20.2. The summed E-state index contributed by atoms with van der Waals surface area (Å²) < 4.78 is 6.49. The Morgan fingerprint density at radius 1 is 1.18 bits per heavy atom. The van der Waals surface area contributed by atoms with Crippen molar-refractivity contribution in [3.63, 3.8) is 0 Å². The van der Waals surface area contributed by atoms with Crippen LogP contribution in [-0.4, -0.2) is 51.2 Å². The molecule has 1 N–H and O–H groups in total. The van der Waals surface area contributed by atoms with Crippen LogP contribution in [0.5, 0.6) is 0 Å². The molecule has 0 saturated carbocycles. The van der Waals surface area contributed by atoms with E-state index in [1.807, 2.05) is 24.3 Å². The molecular formula is C25H34N4O4. The molecule has 0 saturated heterocycles. The van der Waals surface area contributed by atoms with Crippen LogP contribution in [0.3, 0.4) is 0 Å². The molecule has 178 valence electrons. The van der Waals surface area contributed by atoms with Gasteiger partial charge in [0.2, 0.25) is 5.91 Å². The van der Waals surface area contributed by atoms with Gasteiger partial charge in [0.15, 0.2) is 5.69 Å². The van der Waals surface area contributed by atoms with Crippen molar-refractivity contribution in [3.05, 3.63) is 52.8 Å². The maximum Gasteiger partial charge on any atom is 0.358 e. The van der Waals surface area contributed by atoms with Crippen LogP contribution in [0.4, 0.5) is 0 Å². The summed E-state index contributed by atoms with van der Waals surface area (Å²) in [5.41, 5.74) is 1.31. The van der Waals surface area contributed by atoms with E-state index in [1.165, 1.54) is 16.3 Å². The van der Waals surface area contributed by atoms with Crippen molar-refractivity contribution in [1.82, 2.24) is 20.0 Å². The quantitative estimate of drug-likeness (QED) is 0.588. The highest BCUT2D eigenvalue weighted by Gasteiger charge is 2.48. The maximum absolute atomic E-state index is 13.6. The number of nitrogens with one attached hydrogen (secondary N) is 1. The molecule has 0 aliphatic carbocycles. The Morgan fingerprint density at radius 3 is 2.45 bits per heavy atom. The third-order valence-corrected chi connectivity index (χ3v) is 6.05. The Bertz CT molecular complexity index is 1010. The minimum Gasteiger partial charge on any atom is -0.461 e. The summed E-state index contributed by atoms with van der Waals surface area (Å²) in [6.07, 6.45) is 1.77. The molecule has 1 aliphatic heterocycles. The van der Waals surface area contributed by atoms with Gasteiger partial charge < -0.3 is 15.0 Å². The Kier molecular flexibility index (Phi) is 7.56. The Morgan fingerprint density at radius 2 is 1.85 bits per heavy atom. The highest BCUT2D eigenvalue weighted by atomic mass is 16.5. The van der Waals surface area contributed by atoms with Crippen LogP contribution in [0.1, 0.15) is 73.1 Å². The van der Waals surface area contributed by atoms with Crippen molar-refractivity contribution in [2.24, 2.45) is 5.92 Å². The Balaban J connectivity index is 1.95. The van der Waals surface area contributed by atoms with Crippen molar-refractivity contribution in [1.29, 1.82) is 0 Å². The fourth-order valence-electron chi connectivity index (χ4n) is 3.92. The van der Waals surface area contributed by atoms with E-state index in [9.17, 15) is 14.4 Å². The van der Waals surface area contributed by atoms with Gasteiger partial charge in [-0.25, -0.2) is 4.79 Å². The SMILES string of the molecule is CCOC(=O)c1cc2n(n1)C[C@@](C)(C(=O)NCCC(C)C)N(Cc1ccc(CC)cc1)C2=O. The summed E-state index contributed by atoms with van der Waals surface area (Å²) in [5, 5.41) is 7.28. The zero-order chi connectivity index (χ0) is 24.2. The van der Waals surface area contributed by atoms with Crippen LogP contribution in [0.25, 0.3) is 0 Å². The monoisotopic (exact) mass is 454 g/mol. The first kappa shape index (κ1) is 24.5. The summed E-state index contributed by atoms with van der Waals surface area (Å²) in [6.45, 7) is 10.9. The molecule has 33 heavy (non-hydrogen) atoms. The van der Waals surface area contributed by atoms with Gasteiger partial charge in [-0.1, -0.05) is 45.0 Å². The first-order valence-electron chi connectivity index (χ1n) is 11.6. The number of rotatable bonds is 9. The Labute approximate surface area is 195 Å². The van der Waals surface area contributed by atoms with Crippen LogP contribution in [0, 0.1) is 5.92 Å². The van der Waals surface area contributed by atoms with E-state index in [0.717, 1.165) is 18.4 Å². The first-order valence-corrected chi connectivity index (χ1v) is 11.6. The number of carbonyl (C=O) groups is 3. The lowest BCUT2D eigenvalue weighted by molar-refractivity contribution is -0.133. The fourth-order valence-corrected chi connectivity index (χ4v) is 3.92. The van der Waals surface area contributed by atoms with E-state index in [-0.39, 0.29) is 42.9 Å². The predicted molar refractivity (Wildman–Crippen MR) is 125 cm³/mol. The molecule has 1 aliphatic rings. The minimum absolute atomic E-state index is 0.0666. The van der Waals surface area contributed by atoms with E-state index in [1.54, 1.807) is 18.7 Å². The van der Waals surface area contributed by atoms with Gasteiger partial charge in [-0.15, -0.1) is 0 Å². The molecule has 0 unspecified atom stereocenters. The van der Waals surface area contributed by atoms with E-state index in [4.69, 9.17) is 4.74 Å². The van der Waals surface area contributed by atoms with Gasteiger partial charge in [-0.05, 0) is 43.7 Å². The molecule has 0 radical (unpaired) electrons. The molecule has 0 fully saturated rings. The number of amides is 2. The molecule has 2 aromatic rings. The third kappa shape index (κ3) is 5.26. The number of nitrogens with zero attached hydrogens (tertiary/aromatic N) is 3. The summed E-state index contributed by atoms with van der Waals surface area (Å²) in [5.74, 6) is -0.716. The van der Waals surface area contributed by atoms with Gasteiger partial charge in [0, 0.05) is 19.2 Å². The van der Waals surface area contributed by atoms with Gasteiger partial charge in [0.05, 0.1) is 13.2 Å². The van der Waals surface area contributed by atoms with E-state index >= 15 is 0 Å². The molecule has 8 heteroatoms. The summed E-state index contributed by atoms with van der Waals surface area (Å²) in [7, 11) is 0. The summed E-state index contributed by atoms with van der Waals surface area (Å²) >= 11 is 0. The van der Waals surface area contributed by atoms with Gasteiger partial charge in [-0.2, -0.15) is 5.10 Å². The molecule has 3 rings (SSSR count).